The highest BCUT2D eigenvalue weighted by atomic mass is 16.6. The first-order chi connectivity index (χ1) is 8.63. The molecule has 0 aromatic heterocycles. The zero-order valence-electron chi connectivity index (χ0n) is 11.2. The molecule has 100 valence electrons. The van der Waals surface area contributed by atoms with E-state index >= 15 is 0 Å². The topological polar surface area (TPSA) is 55.2 Å². The fraction of sp³-hybridized carbons (Fsp3) is 0.571. The smallest absolute Gasteiger partial charge is 0.269 e. The molecule has 0 saturated heterocycles. The van der Waals surface area contributed by atoms with Crippen LogP contribution in [0.15, 0.2) is 24.3 Å². The molecule has 0 amide bonds. The van der Waals surface area contributed by atoms with Crippen LogP contribution in [0.5, 0.6) is 0 Å². The van der Waals surface area contributed by atoms with Crippen LogP contribution in [-0.4, -0.2) is 17.5 Å². The summed E-state index contributed by atoms with van der Waals surface area (Å²) in [6, 6.07) is 7.40. The van der Waals surface area contributed by atoms with Crippen LogP contribution in [-0.2, 0) is 6.42 Å². The zero-order chi connectivity index (χ0) is 13.4. The van der Waals surface area contributed by atoms with Crippen LogP contribution < -0.4 is 5.32 Å². The lowest BCUT2D eigenvalue weighted by Gasteiger charge is -2.12. The Kier molecular flexibility index (Phi) is 6.36. The second kappa shape index (κ2) is 7.82. The van der Waals surface area contributed by atoms with Crippen molar-refractivity contribution in [3.05, 3.63) is 39.9 Å². The predicted octanol–water partition coefficient (Wildman–Crippen LogP) is 3.31. The number of hydrogen-bond donors (Lipinski definition) is 1. The van der Waals surface area contributed by atoms with Crippen LogP contribution in [0.4, 0.5) is 5.69 Å². The molecule has 0 radical (unpaired) electrons. The van der Waals surface area contributed by atoms with E-state index < -0.39 is 0 Å². The van der Waals surface area contributed by atoms with Gasteiger partial charge >= 0.3 is 0 Å². The summed E-state index contributed by atoms with van der Waals surface area (Å²) in [4.78, 5) is 10.2. The molecule has 0 aliphatic carbocycles. The van der Waals surface area contributed by atoms with Gasteiger partial charge in [-0.1, -0.05) is 19.1 Å². The lowest BCUT2D eigenvalue weighted by molar-refractivity contribution is -0.384. The Bertz CT molecular complexity index is 363. The van der Waals surface area contributed by atoms with Gasteiger partial charge in [-0.15, -0.1) is 0 Å². The molecule has 0 aliphatic rings. The monoisotopic (exact) mass is 250 g/mol. The van der Waals surface area contributed by atoms with Crippen molar-refractivity contribution < 1.29 is 4.92 Å². The highest BCUT2D eigenvalue weighted by molar-refractivity contribution is 5.32. The summed E-state index contributed by atoms with van der Waals surface area (Å²) in [6.07, 6.45) is 4.38. The van der Waals surface area contributed by atoms with Gasteiger partial charge in [-0.3, -0.25) is 10.1 Å². The van der Waals surface area contributed by atoms with Gasteiger partial charge in [-0.25, -0.2) is 0 Å². The van der Waals surface area contributed by atoms with Gasteiger partial charge in [0.05, 0.1) is 4.92 Å². The molecule has 0 heterocycles. The highest BCUT2D eigenvalue weighted by Gasteiger charge is 2.04. The van der Waals surface area contributed by atoms with E-state index in [1.165, 1.54) is 5.56 Å². The second-order valence-corrected chi connectivity index (χ2v) is 4.67. The number of rotatable bonds is 8. The fourth-order valence-electron chi connectivity index (χ4n) is 1.89. The normalized spacial score (nSPS) is 12.3. The van der Waals surface area contributed by atoms with Crippen molar-refractivity contribution in [2.45, 2.75) is 45.6 Å². The molecule has 4 heteroatoms. The molecule has 4 nitrogen and oxygen atoms in total. The minimum atomic E-state index is -0.361. The van der Waals surface area contributed by atoms with Crippen molar-refractivity contribution in [2.24, 2.45) is 0 Å². The number of non-ortho nitro benzene ring substituents is 1. The molecule has 1 unspecified atom stereocenters. The van der Waals surface area contributed by atoms with E-state index in [4.69, 9.17) is 0 Å². The SMILES string of the molecule is CCCNC(C)CCCc1ccc([N+](=O)[O-])cc1. The Balaban J connectivity index is 2.29. The average molecular weight is 250 g/mol. The lowest BCUT2D eigenvalue weighted by atomic mass is 10.1. The van der Waals surface area contributed by atoms with Crippen molar-refractivity contribution in [3.63, 3.8) is 0 Å². The largest absolute Gasteiger partial charge is 0.314 e. The van der Waals surface area contributed by atoms with Crippen molar-refractivity contribution in [1.29, 1.82) is 0 Å². The second-order valence-electron chi connectivity index (χ2n) is 4.67. The molecular formula is C14H22N2O2. The van der Waals surface area contributed by atoms with Crippen molar-refractivity contribution in [2.75, 3.05) is 6.54 Å². The maximum atomic E-state index is 10.5. The summed E-state index contributed by atoms with van der Waals surface area (Å²) in [7, 11) is 0. The first kappa shape index (κ1) is 14.6. The predicted molar refractivity (Wildman–Crippen MR) is 73.8 cm³/mol. The van der Waals surface area contributed by atoms with E-state index in [0.717, 1.165) is 32.2 Å². The molecule has 1 aromatic carbocycles. The summed E-state index contributed by atoms with van der Waals surface area (Å²) < 4.78 is 0. The summed E-state index contributed by atoms with van der Waals surface area (Å²) in [5.74, 6) is 0. The molecular weight excluding hydrogens is 228 g/mol. The van der Waals surface area contributed by atoms with Gasteiger partial charge in [0, 0.05) is 18.2 Å². The van der Waals surface area contributed by atoms with Gasteiger partial charge in [0.2, 0.25) is 0 Å². The van der Waals surface area contributed by atoms with Gasteiger partial charge < -0.3 is 5.32 Å². The summed E-state index contributed by atoms with van der Waals surface area (Å²) in [5, 5.41) is 14.0. The third-order valence-corrected chi connectivity index (χ3v) is 2.99. The Morgan fingerprint density at radius 2 is 2.00 bits per heavy atom. The zero-order valence-corrected chi connectivity index (χ0v) is 11.2. The van der Waals surface area contributed by atoms with Gasteiger partial charge in [0.15, 0.2) is 0 Å². The Morgan fingerprint density at radius 3 is 2.56 bits per heavy atom. The minimum absolute atomic E-state index is 0.164. The third kappa shape index (κ3) is 5.27. The molecule has 0 aliphatic heterocycles. The third-order valence-electron chi connectivity index (χ3n) is 2.99. The maximum Gasteiger partial charge on any atom is 0.269 e. The van der Waals surface area contributed by atoms with Gasteiger partial charge in [0.1, 0.15) is 0 Å². The molecule has 1 atom stereocenters. The number of nitro groups is 1. The van der Waals surface area contributed by atoms with Crippen molar-refractivity contribution >= 4 is 5.69 Å². The number of nitrogens with zero attached hydrogens (tertiary/aromatic N) is 1. The molecule has 0 bridgehead atoms. The van der Waals surface area contributed by atoms with Gasteiger partial charge in [-0.2, -0.15) is 0 Å². The van der Waals surface area contributed by atoms with Crippen LogP contribution in [0.2, 0.25) is 0 Å². The summed E-state index contributed by atoms with van der Waals surface area (Å²) >= 11 is 0. The van der Waals surface area contributed by atoms with Crippen LogP contribution in [0, 0.1) is 10.1 Å². The number of hydrogen-bond acceptors (Lipinski definition) is 3. The molecule has 1 rings (SSSR count). The van der Waals surface area contributed by atoms with E-state index in [-0.39, 0.29) is 10.6 Å². The molecule has 1 N–H and O–H groups in total. The van der Waals surface area contributed by atoms with E-state index in [0.29, 0.717) is 6.04 Å². The lowest BCUT2D eigenvalue weighted by Crippen LogP contribution is -2.26. The standard InChI is InChI=1S/C14H22N2O2/c1-3-11-15-12(2)5-4-6-13-7-9-14(10-8-13)16(17)18/h7-10,12,15H,3-6,11H2,1-2H3. The van der Waals surface area contributed by atoms with Gasteiger partial charge in [-0.05, 0) is 44.7 Å². The number of nitrogens with one attached hydrogen (secondary N) is 1. The maximum absolute atomic E-state index is 10.5. The minimum Gasteiger partial charge on any atom is -0.314 e. The Morgan fingerprint density at radius 1 is 1.33 bits per heavy atom. The number of benzene rings is 1. The van der Waals surface area contributed by atoms with E-state index in [1.54, 1.807) is 12.1 Å². The molecule has 0 fully saturated rings. The van der Waals surface area contributed by atoms with Crippen LogP contribution in [0.1, 0.15) is 38.7 Å². The van der Waals surface area contributed by atoms with E-state index in [1.807, 2.05) is 12.1 Å². The highest BCUT2D eigenvalue weighted by Crippen LogP contribution is 2.14. The van der Waals surface area contributed by atoms with Crippen molar-refractivity contribution in [1.82, 2.24) is 5.32 Å². The average Bonchev–Trinajstić information content (AvgIpc) is 2.37. The van der Waals surface area contributed by atoms with E-state index in [2.05, 4.69) is 19.2 Å². The Labute approximate surface area is 109 Å². The number of nitro benzene ring substituents is 1. The van der Waals surface area contributed by atoms with E-state index in [9.17, 15) is 10.1 Å². The molecule has 0 saturated carbocycles. The Hall–Kier alpha value is -1.42. The first-order valence-corrected chi connectivity index (χ1v) is 6.60. The summed E-state index contributed by atoms with van der Waals surface area (Å²) in [6.45, 7) is 5.43. The first-order valence-electron chi connectivity index (χ1n) is 6.60. The molecule has 1 aromatic rings. The quantitative estimate of drug-likeness (QED) is 0.569. The number of aryl methyl sites for hydroxylation is 1. The fourth-order valence-corrected chi connectivity index (χ4v) is 1.89. The van der Waals surface area contributed by atoms with Crippen LogP contribution in [0.25, 0.3) is 0 Å². The summed E-state index contributed by atoms with van der Waals surface area (Å²) in [5.41, 5.74) is 1.33. The van der Waals surface area contributed by atoms with Crippen LogP contribution in [0.3, 0.4) is 0 Å². The van der Waals surface area contributed by atoms with Crippen molar-refractivity contribution in [3.8, 4) is 0 Å². The van der Waals surface area contributed by atoms with Crippen LogP contribution >= 0.6 is 0 Å². The molecule has 18 heavy (non-hydrogen) atoms. The molecule has 0 spiro atoms. The van der Waals surface area contributed by atoms with Gasteiger partial charge in [0.25, 0.3) is 5.69 Å².